The molecule has 1 aromatic heterocycles. The fraction of sp³-hybridized carbons (Fsp3) is 0.733. The van der Waals surface area contributed by atoms with Crippen LogP contribution in [0, 0.1) is 0 Å². The lowest BCUT2D eigenvalue weighted by atomic mass is 9.93. The number of methoxy groups -OCH3 is 1. The Bertz CT molecular complexity index is 460. The van der Waals surface area contributed by atoms with Crippen molar-refractivity contribution in [2.24, 2.45) is 7.05 Å². The van der Waals surface area contributed by atoms with Gasteiger partial charge in [-0.3, -0.25) is 9.69 Å². The number of esters is 1. The number of nitrogens with one attached hydrogen (secondary N) is 1. The summed E-state index contributed by atoms with van der Waals surface area (Å²) < 4.78 is 6.94. The zero-order chi connectivity index (χ0) is 16.0. The summed E-state index contributed by atoms with van der Waals surface area (Å²) in [5.41, 5.74) is -0.668. The molecule has 2 unspecified atom stereocenters. The monoisotopic (exact) mass is 296 g/mol. The van der Waals surface area contributed by atoms with Crippen molar-refractivity contribution in [1.29, 1.82) is 0 Å². The van der Waals surface area contributed by atoms with Crippen LogP contribution in [0.25, 0.3) is 0 Å². The summed E-state index contributed by atoms with van der Waals surface area (Å²) >= 11 is 0. The standard InChI is InChI=1S/C15H28N4O2/c1-7-17-15(3,14(20)21-6)10-12(2)19(5)11-13-16-8-9-18(13)4/h8-9,12,17H,7,10-11H2,1-6H3. The Hall–Kier alpha value is -1.40. The molecule has 21 heavy (non-hydrogen) atoms. The highest BCUT2D eigenvalue weighted by Crippen LogP contribution is 2.18. The van der Waals surface area contributed by atoms with Crippen molar-refractivity contribution in [2.45, 2.75) is 45.3 Å². The zero-order valence-corrected chi connectivity index (χ0v) is 14.0. The minimum absolute atomic E-state index is 0.213. The third-order valence-corrected chi connectivity index (χ3v) is 3.97. The summed E-state index contributed by atoms with van der Waals surface area (Å²) in [6.07, 6.45) is 4.41. The molecule has 120 valence electrons. The zero-order valence-electron chi connectivity index (χ0n) is 14.0. The van der Waals surface area contributed by atoms with Gasteiger partial charge in [0, 0.05) is 25.5 Å². The van der Waals surface area contributed by atoms with E-state index in [1.165, 1.54) is 7.11 Å². The van der Waals surface area contributed by atoms with Crippen molar-refractivity contribution in [1.82, 2.24) is 19.8 Å². The molecule has 0 fully saturated rings. The summed E-state index contributed by atoms with van der Waals surface area (Å²) in [5.74, 6) is 0.786. The number of nitrogens with zero attached hydrogens (tertiary/aromatic N) is 3. The van der Waals surface area contributed by atoms with Gasteiger partial charge in [-0.2, -0.15) is 0 Å². The summed E-state index contributed by atoms with van der Waals surface area (Å²) in [4.78, 5) is 18.6. The molecule has 0 amide bonds. The van der Waals surface area contributed by atoms with E-state index < -0.39 is 5.54 Å². The molecule has 0 saturated heterocycles. The molecule has 1 rings (SSSR count). The van der Waals surface area contributed by atoms with Crippen LogP contribution in [0.4, 0.5) is 0 Å². The van der Waals surface area contributed by atoms with Crippen molar-refractivity contribution in [3.05, 3.63) is 18.2 Å². The Balaban J connectivity index is 2.70. The van der Waals surface area contributed by atoms with E-state index in [1.807, 2.05) is 38.7 Å². The summed E-state index contributed by atoms with van der Waals surface area (Å²) in [7, 11) is 5.46. The first-order chi connectivity index (χ1) is 9.84. The molecule has 1 aromatic rings. The average Bonchev–Trinajstić information content (AvgIpc) is 2.83. The van der Waals surface area contributed by atoms with Crippen molar-refractivity contribution >= 4 is 5.97 Å². The number of aryl methyl sites for hydroxylation is 1. The van der Waals surface area contributed by atoms with Gasteiger partial charge in [-0.05, 0) is 33.9 Å². The Labute approximate surface area is 127 Å². The van der Waals surface area contributed by atoms with Gasteiger partial charge in [0.15, 0.2) is 0 Å². The smallest absolute Gasteiger partial charge is 0.325 e. The van der Waals surface area contributed by atoms with Crippen LogP contribution in [-0.4, -0.2) is 52.7 Å². The third kappa shape index (κ3) is 4.54. The molecule has 0 bridgehead atoms. The Morgan fingerprint density at radius 1 is 1.62 bits per heavy atom. The number of likely N-dealkylation sites (N-methyl/N-ethyl adjacent to an activating group) is 1. The molecule has 6 heteroatoms. The van der Waals surface area contributed by atoms with E-state index in [0.717, 1.165) is 18.9 Å². The molecule has 0 aliphatic rings. The van der Waals surface area contributed by atoms with Crippen molar-refractivity contribution in [2.75, 3.05) is 20.7 Å². The summed E-state index contributed by atoms with van der Waals surface area (Å²) in [5, 5.41) is 3.24. The number of rotatable bonds is 8. The van der Waals surface area contributed by atoms with Crippen LogP contribution < -0.4 is 5.32 Å². The van der Waals surface area contributed by atoms with Crippen LogP contribution >= 0.6 is 0 Å². The van der Waals surface area contributed by atoms with Gasteiger partial charge in [0.25, 0.3) is 0 Å². The van der Waals surface area contributed by atoms with Gasteiger partial charge >= 0.3 is 5.97 Å². The predicted octanol–water partition coefficient (Wildman–Crippen LogP) is 1.17. The van der Waals surface area contributed by atoms with Gasteiger partial charge in [0.05, 0.1) is 13.7 Å². The number of hydrogen-bond donors (Lipinski definition) is 1. The number of carbonyl (C=O) groups excluding carboxylic acids is 1. The lowest BCUT2D eigenvalue weighted by Gasteiger charge is -2.34. The van der Waals surface area contributed by atoms with Crippen molar-refractivity contribution in [3.63, 3.8) is 0 Å². The number of hydrogen-bond acceptors (Lipinski definition) is 5. The van der Waals surface area contributed by atoms with E-state index in [1.54, 1.807) is 6.20 Å². The lowest BCUT2D eigenvalue weighted by molar-refractivity contribution is -0.148. The number of aromatic nitrogens is 2. The van der Waals surface area contributed by atoms with Gasteiger partial charge in [0.1, 0.15) is 11.4 Å². The van der Waals surface area contributed by atoms with E-state index in [2.05, 4.69) is 22.1 Å². The van der Waals surface area contributed by atoms with E-state index in [9.17, 15) is 4.79 Å². The maximum Gasteiger partial charge on any atom is 0.325 e. The Kier molecular flexibility index (Phi) is 6.36. The summed E-state index contributed by atoms with van der Waals surface area (Å²) in [6, 6.07) is 0.213. The van der Waals surface area contributed by atoms with Crippen LogP contribution in [0.1, 0.15) is 33.0 Å². The predicted molar refractivity (Wildman–Crippen MR) is 82.9 cm³/mol. The maximum absolute atomic E-state index is 12.0. The second-order valence-corrected chi connectivity index (χ2v) is 5.78. The second-order valence-electron chi connectivity index (χ2n) is 5.78. The highest BCUT2D eigenvalue weighted by molar-refractivity contribution is 5.80. The lowest BCUT2D eigenvalue weighted by Crippen LogP contribution is -2.53. The number of ether oxygens (including phenoxy) is 1. The van der Waals surface area contributed by atoms with Gasteiger partial charge in [-0.15, -0.1) is 0 Å². The summed E-state index contributed by atoms with van der Waals surface area (Å²) in [6.45, 7) is 7.47. The van der Waals surface area contributed by atoms with Crippen LogP contribution in [0.15, 0.2) is 12.4 Å². The topological polar surface area (TPSA) is 59.4 Å². The second kappa shape index (κ2) is 7.56. The van der Waals surface area contributed by atoms with Gasteiger partial charge in [0.2, 0.25) is 0 Å². The quantitative estimate of drug-likeness (QED) is 0.730. The Morgan fingerprint density at radius 2 is 2.29 bits per heavy atom. The van der Waals surface area contributed by atoms with Crippen LogP contribution in [0.5, 0.6) is 0 Å². The first-order valence-electron chi connectivity index (χ1n) is 7.34. The molecule has 6 nitrogen and oxygen atoms in total. The molecule has 0 spiro atoms. The van der Waals surface area contributed by atoms with Crippen LogP contribution in [0.3, 0.4) is 0 Å². The first kappa shape index (κ1) is 17.7. The fourth-order valence-corrected chi connectivity index (χ4v) is 2.52. The molecule has 0 radical (unpaired) electrons. The van der Waals surface area contributed by atoms with E-state index in [0.29, 0.717) is 6.42 Å². The molecule has 1 N–H and O–H groups in total. The largest absolute Gasteiger partial charge is 0.468 e. The molecule has 0 aliphatic carbocycles. The van der Waals surface area contributed by atoms with Crippen LogP contribution in [0.2, 0.25) is 0 Å². The fourth-order valence-electron chi connectivity index (χ4n) is 2.52. The molecular formula is C15H28N4O2. The van der Waals surface area contributed by atoms with E-state index in [-0.39, 0.29) is 12.0 Å². The van der Waals surface area contributed by atoms with Gasteiger partial charge in [-0.25, -0.2) is 4.98 Å². The highest BCUT2D eigenvalue weighted by atomic mass is 16.5. The Morgan fingerprint density at radius 3 is 2.76 bits per heavy atom. The minimum atomic E-state index is -0.668. The SMILES string of the molecule is CCNC(C)(CC(C)N(C)Cc1nccn1C)C(=O)OC. The first-order valence-corrected chi connectivity index (χ1v) is 7.34. The molecule has 0 saturated carbocycles. The van der Waals surface area contributed by atoms with Gasteiger partial charge < -0.3 is 14.6 Å². The van der Waals surface area contributed by atoms with Crippen LogP contribution in [-0.2, 0) is 23.1 Å². The minimum Gasteiger partial charge on any atom is -0.468 e. The number of imidazole rings is 1. The third-order valence-electron chi connectivity index (χ3n) is 3.97. The normalized spacial score (nSPS) is 15.8. The molecule has 1 heterocycles. The maximum atomic E-state index is 12.0. The molecule has 0 aliphatic heterocycles. The van der Waals surface area contributed by atoms with E-state index >= 15 is 0 Å². The van der Waals surface area contributed by atoms with Gasteiger partial charge in [-0.1, -0.05) is 6.92 Å². The molecule has 0 aromatic carbocycles. The van der Waals surface area contributed by atoms with E-state index in [4.69, 9.17) is 4.74 Å². The molecule has 2 atom stereocenters. The molecular weight excluding hydrogens is 268 g/mol. The number of carbonyl (C=O) groups is 1. The van der Waals surface area contributed by atoms with Crippen molar-refractivity contribution < 1.29 is 9.53 Å². The highest BCUT2D eigenvalue weighted by Gasteiger charge is 2.35. The average molecular weight is 296 g/mol. The van der Waals surface area contributed by atoms with Crippen molar-refractivity contribution in [3.8, 4) is 0 Å².